The van der Waals surface area contributed by atoms with E-state index in [2.05, 4.69) is 5.32 Å². The highest BCUT2D eigenvalue weighted by Crippen LogP contribution is 2.23. The zero-order chi connectivity index (χ0) is 11.5. The molecule has 1 aliphatic rings. The van der Waals surface area contributed by atoms with Crippen LogP contribution in [-0.2, 0) is 0 Å². The Morgan fingerprint density at radius 1 is 1.56 bits per heavy atom. The molecule has 0 aliphatic heterocycles. The zero-order valence-corrected chi connectivity index (χ0v) is 9.88. The van der Waals surface area contributed by atoms with Gasteiger partial charge in [-0.1, -0.05) is 11.6 Å². The molecule has 16 heavy (non-hydrogen) atoms. The maximum atomic E-state index is 11.9. The van der Waals surface area contributed by atoms with Crippen LogP contribution in [-0.4, -0.2) is 25.5 Å². The second-order valence-electron chi connectivity index (χ2n) is 3.92. The van der Waals surface area contributed by atoms with E-state index in [0.717, 1.165) is 0 Å². The summed E-state index contributed by atoms with van der Waals surface area (Å²) in [5.41, 5.74) is 0.545. The number of ether oxygens (including phenoxy) is 1. The van der Waals surface area contributed by atoms with Gasteiger partial charge in [0.2, 0.25) is 0 Å². The SMILES string of the molecule is COc1ccc(Cl)cc1C(=O)CNC1CC1. The first-order chi connectivity index (χ1) is 7.70. The molecule has 1 aliphatic carbocycles. The van der Waals surface area contributed by atoms with Crippen molar-refractivity contribution in [2.24, 2.45) is 0 Å². The Kier molecular flexibility index (Phi) is 3.46. The van der Waals surface area contributed by atoms with Crippen LogP contribution in [0.2, 0.25) is 5.02 Å². The van der Waals surface area contributed by atoms with Gasteiger partial charge in [0.25, 0.3) is 0 Å². The Morgan fingerprint density at radius 3 is 2.94 bits per heavy atom. The molecule has 2 rings (SSSR count). The summed E-state index contributed by atoms with van der Waals surface area (Å²) in [5, 5.41) is 3.73. The number of rotatable bonds is 5. The lowest BCUT2D eigenvalue weighted by Crippen LogP contribution is -2.25. The van der Waals surface area contributed by atoms with Crippen molar-refractivity contribution < 1.29 is 9.53 Å². The molecule has 4 heteroatoms. The monoisotopic (exact) mass is 239 g/mol. The number of halogens is 1. The van der Waals surface area contributed by atoms with Gasteiger partial charge in [-0.3, -0.25) is 4.79 Å². The van der Waals surface area contributed by atoms with Crippen LogP contribution in [0.15, 0.2) is 18.2 Å². The van der Waals surface area contributed by atoms with Crippen molar-refractivity contribution in [3.63, 3.8) is 0 Å². The second kappa shape index (κ2) is 4.85. The van der Waals surface area contributed by atoms with E-state index < -0.39 is 0 Å². The van der Waals surface area contributed by atoms with E-state index in [0.29, 0.717) is 28.9 Å². The van der Waals surface area contributed by atoms with Crippen molar-refractivity contribution in [2.75, 3.05) is 13.7 Å². The normalized spacial score (nSPS) is 14.9. The topological polar surface area (TPSA) is 38.3 Å². The Hall–Kier alpha value is -1.06. The van der Waals surface area contributed by atoms with Gasteiger partial charge in [-0.15, -0.1) is 0 Å². The number of ketones is 1. The summed E-state index contributed by atoms with van der Waals surface area (Å²) in [7, 11) is 1.55. The molecule has 0 radical (unpaired) electrons. The minimum absolute atomic E-state index is 0.0197. The highest BCUT2D eigenvalue weighted by molar-refractivity contribution is 6.31. The highest BCUT2D eigenvalue weighted by atomic mass is 35.5. The van der Waals surface area contributed by atoms with Crippen molar-refractivity contribution in [3.05, 3.63) is 28.8 Å². The molecule has 1 aromatic rings. The molecule has 0 bridgehead atoms. The average Bonchev–Trinajstić information content (AvgIpc) is 3.09. The Morgan fingerprint density at radius 2 is 2.31 bits per heavy atom. The average molecular weight is 240 g/mol. The molecular weight excluding hydrogens is 226 g/mol. The van der Waals surface area contributed by atoms with E-state index >= 15 is 0 Å². The van der Waals surface area contributed by atoms with Crippen molar-refractivity contribution in [3.8, 4) is 5.75 Å². The van der Waals surface area contributed by atoms with E-state index in [4.69, 9.17) is 16.3 Å². The van der Waals surface area contributed by atoms with E-state index in [-0.39, 0.29) is 5.78 Å². The number of carbonyl (C=O) groups is 1. The molecule has 1 N–H and O–H groups in total. The van der Waals surface area contributed by atoms with E-state index in [1.54, 1.807) is 25.3 Å². The lowest BCUT2D eigenvalue weighted by Gasteiger charge is -2.08. The molecule has 0 atom stereocenters. The minimum Gasteiger partial charge on any atom is -0.496 e. The lowest BCUT2D eigenvalue weighted by atomic mass is 10.1. The summed E-state index contributed by atoms with van der Waals surface area (Å²) in [5.74, 6) is 0.596. The molecule has 0 spiro atoms. The molecule has 1 fully saturated rings. The molecular formula is C12H14ClNO2. The Bertz CT molecular complexity index is 402. The number of nitrogens with one attached hydrogen (secondary N) is 1. The largest absolute Gasteiger partial charge is 0.496 e. The van der Waals surface area contributed by atoms with Gasteiger partial charge in [0, 0.05) is 11.1 Å². The van der Waals surface area contributed by atoms with Gasteiger partial charge >= 0.3 is 0 Å². The molecule has 0 amide bonds. The summed E-state index contributed by atoms with van der Waals surface area (Å²) in [6, 6.07) is 5.60. The summed E-state index contributed by atoms with van der Waals surface area (Å²) >= 11 is 5.86. The zero-order valence-electron chi connectivity index (χ0n) is 9.13. The third-order valence-electron chi connectivity index (χ3n) is 2.59. The number of carbonyl (C=O) groups excluding carboxylic acids is 1. The molecule has 0 unspecified atom stereocenters. The van der Waals surface area contributed by atoms with Crippen LogP contribution >= 0.6 is 11.6 Å². The first-order valence-corrected chi connectivity index (χ1v) is 5.68. The van der Waals surface area contributed by atoms with Gasteiger partial charge in [-0.2, -0.15) is 0 Å². The Labute approximate surface area is 99.7 Å². The number of hydrogen-bond donors (Lipinski definition) is 1. The molecule has 3 nitrogen and oxygen atoms in total. The molecule has 86 valence electrons. The van der Waals surface area contributed by atoms with Crippen LogP contribution in [0.5, 0.6) is 5.75 Å². The van der Waals surface area contributed by atoms with Crippen molar-refractivity contribution in [1.82, 2.24) is 5.32 Å². The van der Waals surface area contributed by atoms with Gasteiger partial charge in [-0.05, 0) is 31.0 Å². The molecule has 0 saturated heterocycles. The van der Waals surface area contributed by atoms with Crippen LogP contribution < -0.4 is 10.1 Å². The van der Waals surface area contributed by atoms with Crippen LogP contribution in [0.1, 0.15) is 23.2 Å². The quantitative estimate of drug-likeness (QED) is 0.802. The first kappa shape index (κ1) is 11.4. The summed E-state index contributed by atoms with van der Waals surface area (Å²) in [4.78, 5) is 11.9. The number of benzene rings is 1. The van der Waals surface area contributed by atoms with Gasteiger partial charge in [-0.25, -0.2) is 0 Å². The molecule has 1 saturated carbocycles. The smallest absolute Gasteiger partial charge is 0.180 e. The lowest BCUT2D eigenvalue weighted by molar-refractivity contribution is 0.0987. The fraction of sp³-hybridized carbons (Fsp3) is 0.417. The summed E-state index contributed by atoms with van der Waals surface area (Å²) in [6.45, 7) is 0.349. The Balaban J connectivity index is 2.09. The third kappa shape index (κ3) is 2.74. The molecule has 0 aromatic heterocycles. The van der Waals surface area contributed by atoms with E-state index in [9.17, 15) is 4.79 Å². The number of hydrogen-bond acceptors (Lipinski definition) is 3. The van der Waals surface area contributed by atoms with Gasteiger partial charge in [0.1, 0.15) is 5.75 Å². The van der Waals surface area contributed by atoms with Gasteiger partial charge in [0.05, 0.1) is 19.2 Å². The fourth-order valence-electron chi connectivity index (χ4n) is 1.52. The van der Waals surface area contributed by atoms with Gasteiger partial charge < -0.3 is 10.1 Å². The maximum Gasteiger partial charge on any atom is 0.180 e. The van der Waals surface area contributed by atoms with E-state index in [1.807, 2.05) is 0 Å². The number of methoxy groups -OCH3 is 1. The third-order valence-corrected chi connectivity index (χ3v) is 2.83. The van der Waals surface area contributed by atoms with Crippen LogP contribution in [0.4, 0.5) is 0 Å². The predicted molar refractivity (Wildman–Crippen MR) is 63.4 cm³/mol. The minimum atomic E-state index is 0.0197. The molecule has 1 aromatic carbocycles. The van der Waals surface area contributed by atoms with Crippen molar-refractivity contribution >= 4 is 17.4 Å². The summed E-state index contributed by atoms with van der Waals surface area (Å²) < 4.78 is 5.14. The first-order valence-electron chi connectivity index (χ1n) is 5.31. The van der Waals surface area contributed by atoms with Crippen molar-refractivity contribution in [1.29, 1.82) is 0 Å². The maximum absolute atomic E-state index is 11.9. The van der Waals surface area contributed by atoms with Gasteiger partial charge in [0.15, 0.2) is 5.78 Å². The predicted octanol–water partition coefficient (Wildman–Crippen LogP) is 2.28. The second-order valence-corrected chi connectivity index (χ2v) is 4.36. The number of Topliss-reactive ketones (excluding diaryl/α,β-unsaturated/α-hetero) is 1. The highest BCUT2D eigenvalue weighted by Gasteiger charge is 2.22. The van der Waals surface area contributed by atoms with Crippen LogP contribution in [0, 0.1) is 0 Å². The van der Waals surface area contributed by atoms with Crippen molar-refractivity contribution in [2.45, 2.75) is 18.9 Å². The molecule has 0 heterocycles. The fourth-order valence-corrected chi connectivity index (χ4v) is 1.69. The van der Waals surface area contributed by atoms with Crippen LogP contribution in [0.3, 0.4) is 0 Å². The summed E-state index contributed by atoms with van der Waals surface area (Å²) in [6.07, 6.45) is 2.33. The van der Waals surface area contributed by atoms with Crippen LogP contribution in [0.25, 0.3) is 0 Å². The van der Waals surface area contributed by atoms with E-state index in [1.165, 1.54) is 12.8 Å². The standard InChI is InChI=1S/C12H14ClNO2/c1-16-12-5-2-8(13)6-10(12)11(15)7-14-9-3-4-9/h2,5-6,9,14H,3-4,7H2,1H3.